The van der Waals surface area contributed by atoms with Gasteiger partial charge in [-0.25, -0.2) is 0 Å². The predicted octanol–water partition coefficient (Wildman–Crippen LogP) is 3.26. The summed E-state index contributed by atoms with van der Waals surface area (Å²) in [5.41, 5.74) is 0.815. The molecule has 36 heavy (non-hydrogen) atoms. The number of hydrogen-bond donors (Lipinski definition) is 2. The van der Waals surface area contributed by atoms with Crippen LogP contribution in [0.5, 0.6) is 0 Å². The lowest BCUT2D eigenvalue weighted by Gasteiger charge is -2.28. The molecule has 1 aliphatic heterocycles. The van der Waals surface area contributed by atoms with Crippen LogP contribution in [0.2, 0.25) is 0 Å². The third kappa shape index (κ3) is 7.87. The van der Waals surface area contributed by atoms with E-state index in [-0.39, 0.29) is 29.5 Å². The van der Waals surface area contributed by atoms with Crippen LogP contribution < -0.4 is 10.6 Å². The van der Waals surface area contributed by atoms with E-state index >= 15 is 0 Å². The van der Waals surface area contributed by atoms with Gasteiger partial charge >= 0.3 is 0 Å². The Balaban J connectivity index is 2.22. The summed E-state index contributed by atoms with van der Waals surface area (Å²) < 4.78 is 19.1. The molecule has 3 atom stereocenters. The van der Waals surface area contributed by atoms with Crippen LogP contribution in [0.15, 0.2) is 36.4 Å². The largest absolute Gasteiger partial charge is 0.357 e. The number of likely N-dealkylation sites (N-methyl/N-ethyl adjacent to an activating group) is 1. The maximum Gasteiger partial charge on any atom is 0.262 e. The minimum atomic E-state index is -3.62. The molecule has 0 fully saturated rings. The third-order valence-corrected chi connectivity index (χ3v) is 8.37. The summed E-state index contributed by atoms with van der Waals surface area (Å²) in [6.45, 7) is 7.78. The highest BCUT2D eigenvalue weighted by atomic mass is 31.2. The Bertz CT molecular complexity index is 1040. The van der Waals surface area contributed by atoms with Crippen LogP contribution in [0.25, 0.3) is 5.57 Å². The highest BCUT2D eigenvalue weighted by Gasteiger charge is 2.40. The van der Waals surface area contributed by atoms with Crippen molar-refractivity contribution in [3.8, 4) is 0 Å². The second-order valence-electron chi connectivity index (χ2n) is 9.95. The molecule has 9 nitrogen and oxygen atoms in total. The van der Waals surface area contributed by atoms with E-state index in [9.17, 15) is 23.7 Å². The third-order valence-electron chi connectivity index (χ3n) is 6.00. The van der Waals surface area contributed by atoms with E-state index in [1.807, 2.05) is 27.7 Å². The number of rotatable bonds is 13. The van der Waals surface area contributed by atoms with Crippen molar-refractivity contribution >= 4 is 36.6 Å². The summed E-state index contributed by atoms with van der Waals surface area (Å²) in [5, 5.41) is 5.38. The zero-order valence-corrected chi connectivity index (χ0v) is 22.8. The molecule has 0 bridgehead atoms. The van der Waals surface area contributed by atoms with Gasteiger partial charge < -0.3 is 15.2 Å². The van der Waals surface area contributed by atoms with E-state index in [1.54, 1.807) is 30.3 Å². The lowest BCUT2D eigenvalue weighted by atomic mass is 9.96. The van der Waals surface area contributed by atoms with Gasteiger partial charge in [-0.3, -0.25) is 28.6 Å². The number of hydrogen-bond acceptors (Lipinski definition) is 6. The van der Waals surface area contributed by atoms with Crippen LogP contribution in [0, 0.1) is 17.8 Å². The number of benzene rings is 1. The molecule has 1 heterocycles. The van der Waals surface area contributed by atoms with Crippen molar-refractivity contribution in [1.29, 1.82) is 0 Å². The molecule has 0 spiro atoms. The molecular formula is C26H38N3O6P. The van der Waals surface area contributed by atoms with E-state index in [4.69, 9.17) is 4.52 Å². The molecule has 4 amide bonds. The van der Waals surface area contributed by atoms with E-state index in [0.717, 1.165) is 4.90 Å². The number of nitrogens with one attached hydrogen (secondary N) is 2. The van der Waals surface area contributed by atoms with Crippen molar-refractivity contribution in [1.82, 2.24) is 15.5 Å². The smallest absolute Gasteiger partial charge is 0.262 e. The van der Waals surface area contributed by atoms with Crippen LogP contribution in [0.3, 0.4) is 0 Å². The Kier molecular flexibility index (Phi) is 10.6. The second-order valence-corrected chi connectivity index (χ2v) is 12.6. The van der Waals surface area contributed by atoms with Gasteiger partial charge in [0.05, 0.1) is 5.57 Å². The second kappa shape index (κ2) is 13.0. The van der Waals surface area contributed by atoms with Crippen molar-refractivity contribution in [2.45, 2.75) is 46.6 Å². The Hall–Kier alpha value is -2.77. The minimum Gasteiger partial charge on any atom is -0.357 e. The summed E-state index contributed by atoms with van der Waals surface area (Å²) in [4.78, 5) is 52.2. The molecule has 0 radical (unpaired) electrons. The molecule has 1 aromatic rings. The molecule has 0 aromatic heterocycles. The number of amides is 4. The lowest BCUT2D eigenvalue weighted by molar-refractivity contribution is -0.135. The van der Waals surface area contributed by atoms with Gasteiger partial charge in [-0.05, 0) is 30.2 Å². The van der Waals surface area contributed by atoms with Gasteiger partial charge in [0.15, 0.2) is 0 Å². The molecule has 0 aliphatic carbocycles. The first-order valence-corrected chi connectivity index (χ1v) is 14.2. The van der Waals surface area contributed by atoms with Crippen molar-refractivity contribution in [2.24, 2.45) is 17.8 Å². The van der Waals surface area contributed by atoms with Crippen molar-refractivity contribution in [3.63, 3.8) is 0 Å². The van der Waals surface area contributed by atoms with Gasteiger partial charge in [-0.15, -0.1) is 0 Å². The standard InChI is InChI=1S/C26H38N3O6P/c1-17(2)12-20(24(31)28-22(13-18(3)4)25(32)27-5)15-36(34,35-6)16-29-23(30)14-21(26(29)33)19-10-8-7-9-11-19/h7-11,14,17-18,20,22H,12-13,15-16H2,1-6H3,(H,27,32)(H,28,31)/t20?,22-,36?/m0/s1. The summed E-state index contributed by atoms with van der Waals surface area (Å²) in [6, 6.07) is 8.05. The van der Waals surface area contributed by atoms with Crippen LogP contribution in [0.1, 0.15) is 46.1 Å². The Labute approximate surface area is 213 Å². The Morgan fingerprint density at radius 2 is 1.61 bits per heavy atom. The fourth-order valence-corrected chi connectivity index (χ4v) is 6.27. The maximum absolute atomic E-state index is 13.8. The number of imide groups is 1. The summed E-state index contributed by atoms with van der Waals surface area (Å²) in [6.07, 6.45) is 1.49. The van der Waals surface area contributed by atoms with Crippen LogP contribution in [-0.4, -0.2) is 61.2 Å². The highest BCUT2D eigenvalue weighted by Crippen LogP contribution is 2.50. The minimum absolute atomic E-state index is 0.0935. The van der Waals surface area contributed by atoms with E-state index in [0.29, 0.717) is 18.4 Å². The first-order valence-electron chi connectivity index (χ1n) is 12.2. The lowest BCUT2D eigenvalue weighted by Crippen LogP contribution is -2.49. The van der Waals surface area contributed by atoms with Crippen LogP contribution in [-0.2, 0) is 28.3 Å². The molecule has 0 saturated carbocycles. The van der Waals surface area contributed by atoms with Crippen LogP contribution in [0.4, 0.5) is 0 Å². The molecule has 0 saturated heterocycles. The molecule has 1 aromatic carbocycles. The van der Waals surface area contributed by atoms with Gasteiger partial charge in [0.2, 0.25) is 19.2 Å². The van der Waals surface area contributed by atoms with Crippen molar-refractivity contribution in [2.75, 3.05) is 26.6 Å². The molecule has 10 heteroatoms. The van der Waals surface area contributed by atoms with Gasteiger partial charge in [-0.1, -0.05) is 58.0 Å². The average molecular weight is 520 g/mol. The quantitative estimate of drug-likeness (QED) is 0.305. The molecule has 2 N–H and O–H groups in total. The zero-order chi connectivity index (χ0) is 27.0. The monoisotopic (exact) mass is 519 g/mol. The molecule has 198 valence electrons. The van der Waals surface area contributed by atoms with Crippen LogP contribution >= 0.6 is 7.37 Å². The average Bonchev–Trinajstić information content (AvgIpc) is 3.10. The molecule has 2 unspecified atom stereocenters. The predicted molar refractivity (Wildman–Crippen MR) is 139 cm³/mol. The summed E-state index contributed by atoms with van der Waals surface area (Å²) >= 11 is 0. The maximum atomic E-state index is 13.8. The van der Waals surface area contributed by atoms with Gasteiger partial charge in [0.1, 0.15) is 12.3 Å². The normalized spacial score (nSPS) is 17.1. The van der Waals surface area contributed by atoms with Crippen molar-refractivity contribution < 1.29 is 28.3 Å². The molecule has 2 rings (SSSR count). The van der Waals surface area contributed by atoms with Gasteiger partial charge in [0.25, 0.3) is 11.8 Å². The van der Waals surface area contributed by atoms with Crippen molar-refractivity contribution in [3.05, 3.63) is 42.0 Å². The number of nitrogens with zero attached hydrogens (tertiary/aromatic N) is 1. The topological polar surface area (TPSA) is 122 Å². The van der Waals surface area contributed by atoms with E-state index in [1.165, 1.54) is 20.2 Å². The Morgan fingerprint density at radius 1 is 1.00 bits per heavy atom. The Morgan fingerprint density at radius 3 is 2.14 bits per heavy atom. The molecule has 1 aliphatic rings. The fourth-order valence-electron chi connectivity index (χ4n) is 4.21. The van der Waals surface area contributed by atoms with E-state index < -0.39 is 43.3 Å². The SMILES string of the molecule is CNC(=O)[C@H](CC(C)C)NC(=O)C(CC(C)C)CP(=O)(CN1C(=O)C=C(c2ccccc2)C1=O)OC. The first-order chi connectivity index (χ1) is 16.9. The fraction of sp³-hybridized carbons (Fsp3) is 0.538. The first kappa shape index (κ1) is 29.5. The number of carbonyl (C=O) groups is 4. The zero-order valence-electron chi connectivity index (χ0n) is 21.9. The van der Waals surface area contributed by atoms with Gasteiger partial charge in [-0.2, -0.15) is 0 Å². The molecular weight excluding hydrogens is 481 g/mol. The summed E-state index contributed by atoms with van der Waals surface area (Å²) in [7, 11) is -0.855. The van der Waals surface area contributed by atoms with E-state index in [2.05, 4.69) is 10.6 Å². The number of carbonyl (C=O) groups excluding carboxylic acids is 4. The van der Waals surface area contributed by atoms with Gasteiger partial charge in [0, 0.05) is 32.3 Å². The highest BCUT2D eigenvalue weighted by molar-refractivity contribution is 7.59. The summed E-state index contributed by atoms with van der Waals surface area (Å²) in [5.74, 6) is -2.30.